The Morgan fingerprint density at radius 1 is 1.47 bits per heavy atom. The average molecular weight is 261 g/mol. The molecule has 0 spiro atoms. The van der Waals surface area contributed by atoms with Gasteiger partial charge in [-0.15, -0.1) is 11.8 Å². The van der Waals surface area contributed by atoms with Gasteiger partial charge in [0.05, 0.1) is 0 Å². The molecule has 0 amide bonds. The fraction of sp³-hybridized carbons (Fsp3) is 0.364. The Morgan fingerprint density at radius 2 is 2.12 bits per heavy atom. The lowest BCUT2D eigenvalue weighted by Gasteiger charge is -2.18. The number of carboxylic acids is 1. The number of hydrogen-bond acceptors (Lipinski definition) is 3. The number of halogens is 2. The molecule has 94 valence electrons. The van der Waals surface area contributed by atoms with E-state index in [0.29, 0.717) is 10.6 Å². The molecular formula is C11H13F2NO2S. The third kappa shape index (κ3) is 3.98. The quantitative estimate of drug-likeness (QED) is 0.798. The zero-order valence-corrected chi connectivity index (χ0v) is 10.1. The Kier molecular flexibility index (Phi) is 4.47. The van der Waals surface area contributed by atoms with E-state index in [9.17, 15) is 13.6 Å². The topological polar surface area (TPSA) is 63.3 Å². The summed E-state index contributed by atoms with van der Waals surface area (Å²) in [6, 6.07) is 3.56. The van der Waals surface area contributed by atoms with E-state index in [2.05, 4.69) is 0 Å². The molecule has 1 rings (SSSR count). The van der Waals surface area contributed by atoms with Crippen LogP contribution in [-0.2, 0) is 4.79 Å². The zero-order valence-electron chi connectivity index (χ0n) is 9.24. The molecule has 1 aromatic carbocycles. The summed E-state index contributed by atoms with van der Waals surface area (Å²) in [7, 11) is 0. The smallest absolute Gasteiger partial charge is 0.323 e. The molecule has 3 N–H and O–H groups in total. The summed E-state index contributed by atoms with van der Waals surface area (Å²) in [6.07, 6.45) is 0.242. The normalized spacial score (nSPS) is 14.4. The van der Waals surface area contributed by atoms with Gasteiger partial charge in [-0.1, -0.05) is 0 Å². The van der Waals surface area contributed by atoms with Crippen molar-refractivity contribution < 1.29 is 18.7 Å². The molecule has 0 heterocycles. The van der Waals surface area contributed by atoms with Crippen LogP contribution >= 0.6 is 11.8 Å². The highest BCUT2D eigenvalue weighted by atomic mass is 32.2. The first-order chi connectivity index (χ1) is 7.83. The minimum atomic E-state index is -1.30. The molecule has 0 aromatic heterocycles. The van der Waals surface area contributed by atoms with Crippen LogP contribution in [0.4, 0.5) is 8.78 Å². The summed E-state index contributed by atoms with van der Waals surface area (Å²) in [5.41, 5.74) is 4.23. The Hall–Kier alpha value is -1.14. The molecular weight excluding hydrogens is 248 g/mol. The van der Waals surface area contributed by atoms with Gasteiger partial charge in [0.25, 0.3) is 0 Å². The van der Waals surface area contributed by atoms with E-state index >= 15 is 0 Å². The van der Waals surface area contributed by atoms with Crippen LogP contribution in [0.3, 0.4) is 0 Å². The number of nitrogens with two attached hydrogens (primary N) is 1. The van der Waals surface area contributed by atoms with Gasteiger partial charge in [0, 0.05) is 10.6 Å². The first kappa shape index (κ1) is 13.9. The largest absolute Gasteiger partial charge is 0.480 e. The maximum Gasteiger partial charge on any atom is 0.323 e. The third-order valence-corrected chi connectivity index (χ3v) is 3.27. The maximum atomic E-state index is 12.9. The summed E-state index contributed by atoms with van der Waals surface area (Å²) in [4.78, 5) is 11.3. The van der Waals surface area contributed by atoms with E-state index in [0.717, 1.165) is 12.1 Å². The van der Waals surface area contributed by atoms with Crippen LogP contribution < -0.4 is 5.73 Å². The van der Waals surface area contributed by atoms with Gasteiger partial charge < -0.3 is 10.8 Å². The van der Waals surface area contributed by atoms with E-state index in [1.54, 1.807) is 0 Å². The second-order valence-electron chi connectivity index (χ2n) is 3.90. The molecule has 0 aliphatic carbocycles. The lowest BCUT2D eigenvalue weighted by atomic mass is 10.0. The molecule has 3 nitrogen and oxygen atoms in total. The zero-order chi connectivity index (χ0) is 13.1. The second kappa shape index (κ2) is 5.46. The summed E-state index contributed by atoms with van der Waals surface area (Å²) in [6.45, 7) is 1.42. The van der Waals surface area contributed by atoms with E-state index < -0.39 is 23.1 Å². The maximum absolute atomic E-state index is 12.9. The van der Waals surface area contributed by atoms with Crippen molar-refractivity contribution in [3.8, 4) is 0 Å². The van der Waals surface area contributed by atoms with E-state index in [1.165, 1.54) is 24.8 Å². The highest BCUT2D eigenvalue weighted by molar-refractivity contribution is 7.99. The molecule has 6 heteroatoms. The van der Waals surface area contributed by atoms with Gasteiger partial charge in [0.2, 0.25) is 0 Å². The Morgan fingerprint density at radius 3 is 2.65 bits per heavy atom. The van der Waals surface area contributed by atoms with Crippen molar-refractivity contribution in [1.29, 1.82) is 0 Å². The number of benzene rings is 1. The molecule has 0 saturated carbocycles. The fourth-order valence-corrected chi connectivity index (χ4v) is 2.17. The fourth-order valence-electron chi connectivity index (χ4n) is 1.05. The van der Waals surface area contributed by atoms with E-state index in [1.807, 2.05) is 0 Å². The van der Waals surface area contributed by atoms with Crippen molar-refractivity contribution in [3.05, 3.63) is 29.8 Å². The lowest BCUT2D eigenvalue weighted by molar-refractivity contribution is -0.142. The van der Waals surface area contributed by atoms with E-state index in [4.69, 9.17) is 10.8 Å². The monoisotopic (exact) mass is 261 g/mol. The molecule has 1 aromatic rings. The molecule has 0 fully saturated rings. The number of carboxylic acid groups (broad SMARTS) is 1. The van der Waals surface area contributed by atoms with Gasteiger partial charge in [-0.25, -0.2) is 8.78 Å². The molecule has 0 aliphatic rings. The van der Waals surface area contributed by atoms with Gasteiger partial charge in [0.15, 0.2) is 11.6 Å². The van der Waals surface area contributed by atoms with Gasteiger partial charge in [-0.2, -0.15) is 0 Å². The van der Waals surface area contributed by atoms with Crippen LogP contribution in [0.5, 0.6) is 0 Å². The molecule has 0 radical (unpaired) electrons. The van der Waals surface area contributed by atoms with Crippen LogP contribution in [0, 0.1) is 11.6 Å². The summed E-state index contributed by atoms with van der Waals surface area (Å²) >= 11 is 1.24. The van der Waals surface area contributed by atoms with Crippen LogP contribution in [0.25, 0.3) is 0 Å². The minimum absolute atomic E-state index is 0.242. The van der Waals surface area contributed by atoms with Crippen LogP contribution in [0.15, 0.2) is 23.1 Å². The molecule has 1 unspecified atom stereocenters. The van der Waals surface area contributed by atoms with Crippen molar-refractivity contribution >= 4 is 17.7 Å². The van der Waals surface area contributed by atoms with Crippen molar-refractivity contribution in [3.63, 3.8) is 0 Å². The summed E-state index contributed by atoms with van der Waals surface area (Å²) in [5, 5.41) is 8.78. The SMILES string of the molecule is CC(N)(CCSc1ccc(F)c(F)c1)C(=O)O. The minimum Gasteiger partial charge on any atom is -0.480 e. The summed E-state index contributed by atoms with van der Waals surface area (Å²) in [5.74, 6) is -2.47. The first-order valence-corrected chi connectivity index (χ1v) is 5.91. The number of thioether (sulfide) groups is 1. The van der Waals surface area contributed by atoms with Gasteiger partial charge in [-0.05, 0) is 31.5 Å². The Labute approximate surface area is 102 Å². The molecule has 0 bridgehead atoms. The number of hydrogen-bond donors (Lipinski definition) is 2. The number of aliphatic carboxylic acids is 1. The molecule has 0 saturated heterocycles. The predicted octanol–water partition coefficient (Wildman–Crippen LogP) is 2.25. The van der Waals surface area contributed by atoms with Crippen molar-refractivity contribution in [1.82, 2.24) is 0 Å². The standard InChI is InChI=1S/C11H13F2NO2S/c1-11(14,10(15)16)4-5-17-7-2-3-8(12)9(13)6-7/h2-3,6H,4-5,14H2,1H3,(H,15,16). The van der Waals surface area contributed by atoms with Crippen molar-refractivity contribution in [2.75, 3.05) is 5.75 Å². The van der Waals surface area contributed by atoms with Gasteiger partial charge >= 0.3 is 5.97 Å². The van der Waals surface area contributed by atoms with Gasteiger partial charge in [-0.3, -0.25) is 4.79 Å². The second-order valence-corrected chi connectivity index (χ2v) is 5.07. The van der Waals surface area contributed by atoms with Crippen LogP contribution in [-0.4, -0.2) is 22.4 Å². The average Bonchev–Trinajstić information content (AvgIpc) is 2.23. The van der Waals surface area contributed by atoms with Crippen molar-refractivity contribution in [2.45, 2.75) is 23.8 Å². The van der Waals surface area contributed by atoms with E-state index in [-0.39, 0.29) is 6.42 Å². The number of carbonyl (C=O) groups is 1. The number of rotatable bonds is 5. The van der Waals surface area contributed by atoms with Crippen LogP contribution in [0.2, 0.25) is 0 Å². The predicted molar refractivity (Wildman–Crippen MR) is 61.9 cm³/mol. The molecule has 17 heavy (non-hydrogen) atoms. The molecule has 1 atom stereocenters. The van der Waals surface area contributed by atoms with Gasteiger partial charge in [0.1, 0.15) is 5.54 Å². The molecule has 0 aliphatic heterocycles. The highest BCUT2D eigenvalue weighted by Crippen LogP contribution is 2.23. The third-order valence-electron chi connectivity index (χ3n) is 2.27. The Balaban J connectivity index is 2.51. The van der Waals surface area contributed by atoms with Crippen LogP contribution in [0.1, 0.15) is 13.3 Å². The Bertz CT molecular complexity index is 424. The first-order valence-electron chi connectivity index (χ1n) is 4.93. The lowest BCUT2D eigenvalue weighted by Crippen LogP contribution is -2.45. The van der Waals surface area contributed by atoms with Crippen molar-refractivity contribution in [2.24, 2.45) is 5.73 Å². The summed E-state index contributed by atoms with van der Waals surface area (Å²) < 4.78 is 25.5. The highest BCUT2D eigenvalue weighted by Gasteiger charge is 2.27.